The van der Waals surface area contributed by atoms with Gasteiger partial charge in [0, 0.05) is 13.2 Å². The Bertz CT molecular complexity index is 185. The van der Waals surface area contributed by atoms with Gasteiger partial charge in [-0.2, -0.15) is 0 Å². The summed E-state index contributed by atoms with van der Waals surface area (Å²) in [4.78, 5) is 0. The molecule has 0 unspecified atom stereocenters. The zero-order valence-corrected chi connectivity index (χ0v) is 10.3. The van der Waals surface area contributed by atoms with E-state index in [4.69, 9.17) is 14.2 Å². The van der Waals surface area contributed by atoms with Crippen molar-refractivity contribution in [3.63, 3.8) is 0 Å². The summed E-state index contributed by atoms with van der Waals surface area (Å²) >= 11 is 0. The molecule has 3 rings (SSSR count). The van der Waals surface area contributed by atoms with Crippen LogP contribution in [0.15, 0.2) is 36.4 Å². The molecule has 0 atom stereocenters. The Labute approximate surface area is 104 Å². The van der Waals surface area contributed by atoms with Gasteiger partial charge in [0.15, 0.2) is 0 Å². The van der Waals surface area contributed by atoms with Gasteiger partial charge in [-0.15, -0.1) is 0 Å². The largest absolute Gasteiger partial charge is 0.381 e. The van der Waals surface area contributed by atoms with E-state index >= 15 is 0 Å². The van der Waals surface area contributed by atoms with Crippen LogP contribution in [0.5, 0.6) is 0 Å². The van der Waals surface area contributed by atoms with Crippen LogP contribution in [0.3, 0.4) is 0 Å². The van der Waals surface area contributed by atoms with E-state index in [1.165, 1.54) is 12.8 Å². The molecule has 1 aromatic rings. The first-order valence-electron chi connectivity index (χ1n) is 6.23. The molecule has 0 radical (unpaired) electrons. The van der Waals surface area contributed by atoms with Crippen LogP contribution in [-0.4, -0.2) is 39.6 Å². The first-order valence-corrected chi connectivity index (χ1v) is 6.23. The minimum Gasteiger partial charge on any atom is -0.381 e. The summed E-state index contributed by atoms with van der Waals surface area (Å²) in [5, 5.41) is 0. The Balaban J connectivity index is 0.000000128. The lowest BCUT2D eigenvalue weighted by Crippen LogP contribution is -2.16. The zero-order valence-electron chi connectivity index (χ0n) is 10.3. The van der Waals surface area contributed by atoms with E-state index in [1.54, 1.807) is 0 Å². The molecule has 2 fully saturated rings. The number of ether oxygens (including phenoxy) is 3. The number of hydrogen-bond donors (Lipinski definition) is 0. The standard InChI is InChI=1S/C6H6.C4H8O2.C4H8O/c1-2-4-6-5-3-1;1-2-6-4-3-5-1;1-2-4-5-3-1/h1-6H;1-4H2;1-4H2. The SMILES string of the molecule is C1CCOC1.C1COCCO1.c1ccccc1. The maximum absolute atomic E-state index is 4.94. The highest BCUT2D eigenvalue weighted by Crippen LogP contribution is 1.98. The second kappa shape index (κ2) is 11.6. The molecule has 96 valence electrons. The number of benzene rings is 1. The third-order valence-corrected chi connectivity index (χ3v) is 2.24. The molecule has 0 N–H and O–H groups in total. The highest BCUT2D eigenvalue weighted by Gasteiger charge is 1.95. The lowest BCUT2D eigenvalue weighted by atomic mass is 10.4. The van der Waals surface area contributed by atoms with Crippen molar-refractivity contribution < 1.29 is 14.2 Å². The number of rotatable bonds is 0. The molecule has 0 bridgehead atoms. The minimum atomic E-state index is 0.778. The van der Waals surface area contributed by atoms with E-state index in [0.717, 1.165) is 39.6 Å². The molecule has 2 heterocycles. The van der Waals surface area contributed by atoms with E-state index in [2.05, 4.69) is 0 Å². The van der Waals surface area contributed by atoms with Gasteiger partial charge in [-0.1, -0.05) is 36.4 Å². The van der Waals surface area contributed by atoms with Gasteiger partial charge in [-0.05, 0) is 12.8 Å². The summed E-state index contributed by atoms with van der Waals surface area (Å²) in [6, 6.07) is 12.0. The van der Waals surface area contributed by atoms with Crippen LogP contribution in [-0.2, 0) is 14.2 Å². The minimum absolute atomic E-state index is 0.778. The van der Waals surface area contributed by atoms with Gasteiger partial charge in [-0.25, -0.2) is 0 Å². The molecule has 0 saturated carbocycles. The molecule has 1 aromatic carbocycles. The molecule has 17 heavy (non-hydrogen) atoms. The highest BCUT2D eigenvalue weighted by molar-refractivity contribution is 4.99. The van der Waals surface area contributed by atoms with Crippen LogP contribution in [0.25, 0.3) is 0 Å². The van der Waals surface area contributed by atoms with E-state index in [1.807, 2.05) is 36.4 Å². The smallest absolute Gasteiger partial charge is 0.0701 e. The van der Waals surface area contributed by atoms with Gasteiger partial charge in [0.2, 0.25) is 0 Å². The van der Waals surface area contributed by atoms with Crippen molar-refractivity contribution in [3.8, 4) is 0 Å². The molecule has 3 heteroatoms. The van der Waals surface area contributed by atoms with Gasteiger partial charge in [0.05, 0.1) is 26.4 Å². The lowest BCUT2D eigenvalue weighted by molar-refractivity contribution is -0.0334. The van der Waals surface area contributed by atoms with Crippen LogP contribution in [0.2, 0.25) is 0 Å². The van der Waals surface area contributed by atoms with Crippen LogP contribution in [0.4, 0.5) is 0 Å². The fourth-order valence-electron chi connectivity index (χ4n) is 1.34. The summed E-state index contributed by atoms with van der Waals surface area (Å²) in [6.45, 7) is 5.11. The summed E-state index contributed by atoms with van der Waals surface area (Å²) in [5.41, 5.74) is 0. The quantitative estimate of drug-likeness (QED) is 0.695. The Morgan fingerprint density at radius 1 is 0.412 bits per heavy atom. The fraction of sp³-hybridized carbons (Fsp3) is 0.571. The maximum Gasteiger partial charge on any atom is 0.0701 e. The van der Waals surface area contributed by atoms with Gasteiger partial charge in [0.25, 0.3) is 0 Å². The average Bonchev–Trinajstić information content (AvgIpc) is 3.03. The van der Waals surface area contributed by atoms with Crippen molar-refractivity contribution in [3.05, 3.63) is 36.4 Å². The third kappa shape index (κ3) is 10.00. The van der Waals surface area contributed by atoms with Crippen molar-refractivity contribution in [2.75, 3.05) is 39.6 Å². The van der Waals surface area contributed by atoms with Gasteiger partial charge >= 0.3 is 0 Å². The van der Waals surface area contributed by atoms with Crippen molar-refractivity contribution in [1.29, 1.82) is 0 Å². The summed E-state index contributed by atoms with van der Waals surface area (Å²) in [7, 11) is 0. The molecule has 3 nitrogen and oxygen atoms in total. The van der Waals surface area contributed by atoms with Crippen molar-refractivity contribution >= 4 is 0 Å². The first-order chi connectivity index (χ1) is 8.50. The Morgan fingerprint density at radius 2 is 0.706 bits per heavy atom. The Hall–Kier alpha value is -0.900. The molecular formula is C14H22O3. The van der Waals surface area contributed by atoms with Crippen LogP contribution in [0, 0.1) is 0 Å². The summed E-state index contributed by atoms with van der Waals surface area (Å²) in [5.74, 6) is 0. The van der Waals surface area contributed by atoms with Gasteiger partial charge < -0.3 is 14.2 Å². The molecular weight excluding hydrogens is 216 g/mol. The monoisotopic (exact) mass is 238 g/mol. The van der Waals surface area contributed by atoms with Crippen molar-refractivity contribution in [2.24, 2.45) is 0 Å². The van der Waals surface area contributed by atoms with E-state index in [0.29, 0.717) is 0 Å². The Kier molecular flexibility index (Phi) is 9.65. The average molecular weight is 238 g/mol. The van der Waals surface area contributed by atoms with E-state index in [9.17, 15) is 0 Å². The molecule has 0 amide bonds. The maximum atomic E-state index is 4.94. The highest BCUT2D eigenvalue weighted by atomic mass is 16.6. The van der Waals surface area contributed by atoms with Crippen LogP contribution < -0.4 is 0 Å². The van der Waals surface area contributed by atoms with Gasteiger partial charge in [-0.3, -0.25) is 0 Å². The van der Waals surface area contributed by atoms with Crippen molar-refractivity contribution in [2.45, 2.75) is 12.8 Å². The second-order valence-corrected chi connectivity index (χ2v) is 3.70. The predicted octanol–water partition coefficient (Wildman–Crippen LogP) is 2.52. The van der Waals surface area contributed by atoms with Crippen molar-refractivity contribution in [1.82, 2.24) is 0 Å². The Morgan fingerprint density at radius 3 is 0.882 bits per heavy atom. The summed E-state index contributed by atoms with van der Waals surface area (Å²) in [6.07, 6.45) is 2.56. The molecule has 0 aliphatic carbocycles. The summed E-state index contributed by atoms with van der Waals surface area (Å²) < 4.78 is 14.8. The van der Waals surface area contributed by atoms with E-state index < -0.39 is 0 Å². The molecule has 2 aliphatic heterocycles. The first kappa shape index (κ1) is 14.2. The molecule has 0 aromatic heterocycles. The molecule has 0 spiro atoms. The van der Waals surface area contributed by atoms with Crippen LogP contribution >= 0.6 is 0 Å². The fourth-order valence-corrected chi connectivity index (χ4v) is 1.34. The molecule has 2 aliphatic rings. The normalized spacial score (nSPS) is 18.4. The topological polar surface area (TPSA) is 27.7 Å². The second-order valence-electron chi connectivity index (χ2n) is 3.70. The number of hydrogen-bond acceptors (Lipinski definition) is 3. The van der Waals surface area contributed by atoms with Crippen LogP contribution in [0.1, 0.15) is 12.8 Å². The molecule has 2 saturated heterocycles. The zero-order chi connectivity index (χ0) is 12.0. The third-order valence-electron chi connectivity index (χ3n) is 2.24. The lowest BCUT2D eigenvalue weighted by Gasteiger charge is -2.09. The van der Waals surface area contributed by atoms with Gasteiger partial charge in [0.1, 0.15) is 0 Å². The van der Waals surface area contributed by atoms with E-state index in [-0.39, 0.29) is 0 Å². The predicted molar refractivity (Wildman–Crippen MR) is 68.1 cm³/mol.